The predicted octanol–water partition coefficient (Wildman–Crippen LogP) is 4.85. The summed E-state index contributed by atoms with van der Waals surface area (Å²) >= 11 is 6.91. The molecule has 0 fully saturated rings. The number of hydrogen-bond donors (Lipinski definition) is 1. The van der Waals surface area contributed by atoms with E-state index in [4.69, 9.17) is 4.74 Å². The molecule has 2 aromatic rings. The molecule has 1 unspecified atom stereocenters. The van der Waals surface area contributed by atoms with Crippen LogP contribution in [0.4, 0.5) is 5.69 Å². The van der Waals surface area contributed by atoms with Crippen LogP contribution in [0.2, 0.25) is 0 Å². The van der Waals surface area contributed by atoms with Gasteiger partial charge in [-0.2, -0.15) is 0 Å². The van der Waals surface area contributed by atoms with Gasteiger partial charge in [-0.05, 0) is 48.4 Å². The van der Waals surface area contributed by atoms with Crippen LogP contribution in [-0.2, 0) is 9.53 Å². The molecular weight excluding hydrogens is 398 g/mol. The van der Waals surface area contributed by atoms with Crippen LogP contribution in [0.5, 0.6) is 0 Å². The Bertz CT molecular complexity index is 641. The van der Waals surface area contributed by atoms with E-state index in [-0.39, 0.29) is 5.97 Å². The number of aryl methyl sites for hydroxylation is 1. The van der Waals surface area contributed by atoms with Gasteiger partial charge < -0.3 is 10.1 Å². The second-order valence-corrected chi connectivity index (χ2v) is 6.40. The van der Waals surface area contributed by atoms with E-state index in [9.17, 15) is 4.79 Å². The van der Waals surface area contributed by atoms with Crippen molar-refractivity contribution in [2.45, 2.75) is 13.0 Å². The van der Waals surface area contributed by atoms with Crippen molar-refractivity contribution in [2.75, 3.05) is 12.4 Å². The first-order valence-corrected chi connectivity index (χ1v) is 7.96. The van der Waals surface area contributed by atoms with Crippen LogP contribution in [-0.4, -0.2) is 13.1 Å². The van der Waals surface area contributed by atoms with Gasteiger partial charge in [0, 0.05) is 14.6 Å². The summed E-state index contributed by atoms with van der Waals surface area (Å²) in [7, 11) is 1.39. The topological polar surface area (TPSA) is 38.3 Å². The monoisotopic (exact) mass is 411 g/mol. The lowest BCUT2D eigenvalue weighted by Gasteiger charge is -2.19. The Kier molecular flexibility index (Phi) is 5.42. The number of halogens is 2. The molecule has 0 aliphatic rings. The Morgan fingerprint density at radius 2 is 1.81 bits per heavy atom. The van der Waals surface area contributed by atoms with Crippen LogP contribution in [0.3, 0.4) is 0 Å². The number of hydrogen-bond acceptors (Lipinski definition) is 3. The van der Waals surface area contributed by atoms with Crippen LogP contribution >= 0.6 is 31.9 Å². The van der Waals surface area contributed by atoms with Crippen molar-refractivity contribution < 1.29 is 9.53 Å². The Labute approximate surface area is 141 Å². The molecule has 0 aromatic heterocycles. The number of esters is 1. The SMILES string of the molecule is COC(=O)C(Nc1ccc(Br)cc1)c1ccc(C)cc1Br. The number of nitrogens with one attached hydrogen (secondary N) is 1. The van der Waals surface area contributed by atoms with Gasteiger partial charge in [-0.15, -0.1) is 0 Å². The van der Waals surface area contributed by atoms with Crippen molar-refractivity contribution in [1.82, 2.24) is 0 Å². The van der Waals surface area contributed by atoms with Gasteiger partial charge in [0.25, 0.3) is 0 Å². The summed E-state index contributed by atoms with van der Waals surface area (Å²) in [4.78, 5) is 12.1. The average Bonchev–Trinajstić information content (AvgIpc) is 2.47. The van der Waals surface area contributed by atoms with Gasteiger partial charge in [-0.25, -0.2) is 4.79 Å². The van der Waals surface area contributed by atoms with Crippen LogP contribution in [0.1, 0.15) is 17.2 Å². The fraction of sp³-hybridized carbons (Fsp3) is 0.188. The molecule has 0 saturated carbocycles. The number of methoxy groups -OCH3 is 1. The number of anilines is 1. The Morgan fingerprint density at radius 3 is 2.38 bits per heavy atom. The molecule has 0 spiro atoms. The molecule has 0 saturated heterocycles. The maximum atomic E-state index is 12.1. The summed E-state index contributed by atoms with van der Waals surface area (Å²) in [5, 5.41) is 3.21. The van der Waals surface area contributed by atoms with Crippen molar-refractivity contribution >= 4 is 43.5 Å². The molecule has 2 rings (SSSR count). The van der Waals surface area contributed by atoms with Crippen molar-refractivity contribution in [3.05, 3.63) is 62.5 Å². The van der Waals surface area contributed by atoms with E-state index in [0.717, 1.165) is 25.8 Å². The Balaban J connectivity index is 2.34. The van der Waals surface area contributed by atoms with E-state index >= 15 is 0 Å². The zero-order valence-electron chi connectivity index (χ0n) is 11.7. The quantitative estimate of drug-likeness (QED) is 0.729. The van der Waals surface area contributed by atoms with Crippen LogP contribution in [0.25, 0.3) is 0 Å². The highest BCUT2D eigenvalue weighted by atomic mass is 79.9. The number of ether oxygens (including phenoxy) is 1. The summed E-state index contributed by atoms with van der Waals surface area (Å²) in [6.07, 6.45) is 0. The van der Waals surface area contributed by atoms with E-state index < -0.39 is 6.04 Å². The highest BCUT2D eigenvalue weighted by Gasteiger charge is 2.23. The molecule has 0 amide bonds. The van der Waals surface area contributed by atoms with Gasteiger partial charge >= 0.3 is 5.97 Å². The molecule has 2 aromatic carbocycles. The van der Waals surface area contributed by atoms with Gasteiger partial charge in [-0.3, -0.25) is 0 Å². The summed E-state index contributed by atoms with van der Waals surface area (Å²) in [6.45, 7) is 2.00. The smallest absolute Gasteiger partial charge is 0.333 e. The van der Waals surface area contributed by atoms with E-state index in [1.807, 2.05) is 49.4 Å². The molecule has 1 N–H and O–H groups in total. The molecule has 5 heteroatoms. The highest BCUT2D eigenvalue weighted by molar-refractivity contribution is 9.10. The number of benzene rings is 2. The molecular formula is C16H15Br2NO2. The molecule has 21 heavy (non-hydrogen) atoms. The molecule has 0 heterocycles. The maximum Gasteiger partial charge on any atom is 0.333 e. The maximum absolute atomic E-state index is 12.1. The van der Waals surface area contributed by atoms with Gasteiger partial charge in [-0.1, -0.05) is 44.0 Å². The van der Waals surface area contributed by atoms with Gasteiger partial charge in [0.15, 0.2) is 6.04 Å². The van der Waals surface area contributed by atoms with Crippen LogP contribution < -0.4 is 5.32 Å². The number of carbonyl (C=O) groups excluding carboxylic acids is 1. The summed E-state index contributed by atoms with van der Waals surface area (Å²) in [5.41, 5.74) is 2.81. The molecule has 3 nitrogen and oxygen atoms in total. The largest absolute Gasteiger partial charge is 0.467 e. The lowest BCUT2D eigenvalue weighted by molar-refractivity contribution is -0.141. The Hall–Kier alpha value is -1.33. The Morgan fingerprint density at radius 1 is 1.14 bits per heavy atom. The molecule has 0 aliphatic carbocycles. The van der Waals surface area contributed by atoms with Crippen molar-refractivity contribution in [3.63, 3.8) is 0 Å². The third kappa shape index (κ3) is 4.08. The minimum atomic E-state index is -0.564. The van der Waals surface area contributed by atoms with E-state index in [2.05, 4.69) is 37.2 Å². The average molecular weight is 413 g/mol. The second-order valence-electron chi connectivity index (χ2n) is 4.63. The summed E-state index contributed by atoms with van der Waals surface area (Å²) < 4.78 is 6.78. The zero-order valence-corrected chi connectivity index (χ0v) is 14.9. The molecule has 0 radical (unpaired) electrons. The van der Waals surface area contributed by atoms with E-state index in [1.165, 1.54) is 7.11 Å². The summed E-state index contributed by atoms with van der Waals surface area (Å²) in [5.74, 6) is -0.331. The summed E-state index contributed by atoms with van der Waals surface area (Å²) in [6, 6.07) is 13.0. The van der Waals surface area contributed by atoms with Crippen molar-refractivity contribution in [3.8, 4) is 0 Å². The minimum absolute atomic E-state index is 0.331. The molecule has 0 bridgehead atoms. The second kappa shape index (κ2) is 7.09. The van der Waals surface area contributed by atoms with Crippen LogP contribution in [0, 0.1) is 6.92 Å². The number of rotatable bonds is 4. The molecule has 0 aliphatic heterocycles. The van der Waals surface area contributed by atoms with Crippen molar-refractivity contribution in [1.29, 1.82) is 0 Å². The normalized spacial score (nSPS) is 11.8. The first-order valence-electron chi connectivity index (χ1n) is 6.37. The lowest BCUT2D eigenvalue weighted by atomic mass is 10.0. The zero-order chi connectivity index (χ0) is 15.4. The third-order valence-corrected chi connectivity index (χ3v) is 4.27. The van der Waals surface area contributed by atoms with Gasteiger partial charge in [0.2, 0.25) is 0 Å². The fourth-order valence-electron chi connectivity index (χ4n) is 1.96. The fourth-order valence-corrected chi connectivity index (χ4v) is 2.95. The van der Waals surface area contributed by atoms with Gasteiger partial charge in [0.05, 0.1) is 7.11 Å². The first kappa shape index (κ1) is 16.0. The van der Waals surface area contributed by atoms with Crippen molar-refractivity contribution in [2.24, 2.45) is 0 Å². The first-order chi connectivity index (χ1) is 10.0. The number of carbonyl (C=O) groups is 1. The van der Waals surface area contributed by atoms with Gasteiger partial charge in [0.1, 0.15) is 0 Å². The van der Waals surface area contributed by atoms with E-state index in [0.29, 0.717) is 0 Å². The molecule has 110 valence electrons. The minimum Gasteiger partial charge on any atom is -0.467 e. The van der Waals surface area contributed by atoms with Crippen LogP contribution in [0.15, 0.2) is 51.4 Å². The molecule has 1 atom stereocenters. The van der Waals surface area contributed by atoms with E-state index in [1.54, 1.807) is 0 Å². The predicted molar refractivity (Wildman–Crippen MR) is 91.4 cm³/mol. The third-order valence-electron chi connectivity index (χ3n) is 3.06. The highest BCUT2D eigenvalue weighted by Crippen LogP contribution is 2.29. The lowest BCUT2D eigenvalue weighted by Crippen LogP contribution is -2.22. The standard InChI is InChI=1S/C16H15Br2NO2/c1-10-3-8-13(14(18)9-10)15(16(20)21-2)19-12-6-4-11(17)5-7-12/h3-9,15,19H,1-2H3.